The number of nitrogen functional groups attached to an aromatic ring is 1. The molecule has 0 saturated carbocycles. The zero-order chi connectivity index (χ0) is 22.0. The molecule has 4 rings (SSSR count). The van der Waals surface area contributed by atoms with Crippen LogP contribution in [-0.4, -0.2) is 63.7 Å². The lowest BCUT2D eigenvalue weighted by Gasteiger charge is -2.37. The smallest absolute Gasteiger partial charge is 0.258 e. The topological polar surface area (TPSA) is 83.7 Å². The van der Waals surface area contributed by atoms with Gasteiger partial charge in [0.15, 0.2) is 0 Å². The fourth-order valence-corrected chi connectivity index (χ4v) is 6.28. The average Bonchev–Trinajstić information content (AvgIpc) is 2.74. The maximum atomic E-state index is 13.4. The molecular formula is C23H33N5O2Si. The number of aromatic nitrogens is 1. The Morgan fingerprint density at radius 2 is 2.00 bits per heavy atom. The number of benzene rings is 1. The fraction of sp³-hybridized carbons (Fsp3) is 0.478. The lowest BCUT2D eigenvalue weighted by molar-refractivity contribution is -0.0206. The number of carbonyl (C=O) groups is 1. The molecule has 166 valence electrons. The molecule has 7 nitrogen and oxygen atoms in total. The van der Waals surface area contributed by atoms with Gasteiger partial charge in [0.05, 0.1) is 32.0 Å². The molecule has 2 aliphatic heterocycles. The van der Waals surface area contributed by atoms with Crippen LogP contribution in [0.15, 0.2) is 36.5 Å². The molecule has 0 bridgehead atoms. The number of hydrogen-bond acceptors (Lipinski definition) is 6. The van der Waals surface area contributed by atoms with Crippen LogP contribution >= 0.6 is 0 Å². The van der Waals surface area contributed by atoms with Gasteiger partial charge in [0.25, 0.3) is 5.91 Å². The van der Waals surface area contributed by atoms with Gasteiger partial charge in [-0.05, 0) is 43.4 Å². The first-order valence-electron chi connectivity index (χ1n) is 11.0. The number of nitrogens with zero attached hydrogens (tertiary/aromatic N) is 3. The summed E-state index contributed by atoms with van der Waals surface area (Å²) in [6.45, 7) is 9.16. The van der Waals surface area contributed by atoms with Gasteiger partial charge in [0.2, 0.25) is 0 Å². The minimum absolute atomic E-state index is 0.108. The lowest BCUT2D eigenvalue weighted by Crippen LogP contribution is -2.43. The molecule has 2 fully saturated rings. The Morgan fingerprint density at radius 3 is 2.74 bits per heavy atom. The summed E-state index contributed by atoms with van der Waals surface area (Å²) < 4.78 is 5.96. The molecule has 0 radical (unpaired) electrons. The molecule has 3 heterocycles. The van der Waals surface area contributed by atoms with E-state index in [0.29, 0.717) is 23.7 Å². The molecule has 1 atom stereocenters. The second-order valence-corrected chi connectivity index (χ2v) is 14.8. The summed E-state index contributed by atoms with van der Waals surface area (Å²) in [6.07, 6.45) is 1.59. The number of amides is 1. The van der Waals surface area contributed by atoms with Crippen LogP contribution in [0.3, 0.4) is 0 Å². The average molecular weight is 440 g/mol. The van der Waals surface area contributed by atoms with Crippen LogP contribution in [0.2, 0.25) is 25.2 Å². The van der Waals surface area contributed by atoms with Gasteiger partial charge in [0.1, 0.15) is 5.82 Å². The van der Waals surface area contributed by atoms with Gasteiger partial charge >= 0.3 is 0 Å². The minimum atomic E-state index is -1.12. The van der Waals surface area contributed by atoms with Crippen molar-refractivity contribution in [2.45, 2.75) is 31.3 Å². The number of likely N-dealkylation sites (N-methyl/N-ethyl adjacent to an activating group) is 1. The van der Waals surface area contributed by atoms with Crippen molar-refractivity contribution >= 4 is 31.2 Å². The number of nitrogens with one attached hydrogen (secondary N) is 1. The van der Waals surface area contributed by atoms with Crippen LogP contribution in [0, 0.1) is 0 Å². The van der Waals surface area contributed by atoms with Gasteiger partial charge in [0, 0.05) is 43.6 Å². The standard InChI is InChI=1S/C23H33N5O2Si/c1-27-9-12-30-21(16-27)19-5-4-8-25-22(19)26-23(29)18-7-6-17(24)15-20(18)28-10-13-31(2,3)14-11-28/h4-8,15,21H,9-14,16,24H2,1-3H3,(H,25,26,29). The number of nitrogens with two attached hydrogens (primary N) is 1. The summed E-state index contributed by atoms with van der Waals surface area (Å²) in [4.78, 5) is 22.4. The Labute approximate surface area is 185 Å². The van der Waals surface area contributed by atoms with Crippen LogP contribution in [0.4, 0.5) is 17.2 Å². The van der Waals surface area contributed by atoms with Crippen LogP contribution < -0.4 is 16.0 Å². The summed E-state index contributed by atoms with van der Waals surface area (Å²) in [5.41, 5.74) is 9.21. The van der Waals surface area contributed by atoms with E-state index in [9.17, 15) is 4.79 Å². The quantitative estimate of drug-likeness (QED) is 0.561. The maximum absolute atomic E-state index is 13.4. The first-order valence-corrected chi connectivity index (χ1v) is 14.4. The Bertz CT molecular complexity index is 941. The largest absolute Gasteiger partial charge is 0.399 e. The van der Waals surface area contributed by atoms with Crippen molar-refractivity contribution < 1.29 is 9.53 Å². The fourth-order valence-electron chi connectivity index (χ4n) is 4.28. The number of anilines is 3. The molecule has 31 heavy (non-hydrogen) atoms. The summed E-state index contributed by atoms with van der Waals surface area (Å²) in [7, 11) is 0.959. The molecular weight excluding hydrogens is 406 g/mol. The van der Waals surface area contributed by atoms with Gasteiger partial charge in [-0.25, -0.2) is 4.98 Å². The van der Waals surface area contributed by atoms with Crippen molar-refractivity contribution in [2.75, 3.05) is 55.8 Å². The van der Waals surface area contributed by atoms with Crippen LogP contribution in [0.5, 0.6) is 0 Å². The van der Waals surface area contributed by atoms with Gasteiger partial charge in [-0.3, -0.25) is 4.79 Å². The van der Waals surface area contributed by atoms with E-state index in [2.05, 4.69) is 40.2 Å². The maximum Gasteiger partial charge on any atom is 0.258 e. The van der Waals surface area contributed by atoms with Crippen molar-refractivity contribution in [2.24, 2.45) is 0 Å². The molecule has 8 heteroatoms. The van der Waals surface area contributed by atoms with Crippen molar-refractivity contribution in [3.05, 3.63) is 47.7 Å². The Hall–Kier alpha value is -2.42. The molecule has 2 saturated heterocycles. The third-order valence-electron chi connectivity index (χ3n) is 6.41. The van der Waals surface area contributed by atoms with Gasteiger partial charge in [-0.15, -0.1) is 0 Å². The van der Waals surface area contributed by atoms with Gasteiger partial charge in [-0.2, -0.15) is 0 Å². The molecule has 1 aromatic heterocycles. The van der Waals surface area contributed by atoms with Crippen LogP contribution in [0.25, 0.3) is 0 Å². The predicted octanol–water partition coefficient (Wildman–Crippen LogP) is 3.45. The molecule has 0 aliphatic carbocycles. The van der Waals surface area contributed by atoms with Crippen molar-refractivity contribution in [3.63, 3.8) is 0 Å². The molecule has 1 amide bonds. The Kier molecular flexibility index (Phi) is 6.31. The zero-order valence-electron chi connectivity index (χ0n) is 18.7. The highest BCUT2D eigenvalue weighted by Crippen LogP contribution is 2.32. The van der Waals surface area contributed by atoms with Crippen molar-refractivity contribution in [3.8, 4) is 0 Å². The number of rotatable bonds is 4. The second-order valence-electron chi connectivity index (χ2n) is 9.44. The summed E-state index contributed by atoms with van der Waals surface area (Å²) >= 11 is 0. The summed E-state index contributed by atoms with van der Waals surface area (Å²) in [5, 5.41) is 3.05. The first-order chi connectivity index (χ1) is 14.8. The second kappa shape index (κ2) is 8.98. The van der Waals surface area contributed by atoms with E-state index < -0.39 is 8.07 Å². The van der Waals surface area contributed by atoms with Crippen LogP contribution in [0.1, 0.15) is 22.0 Å². The van der Waals surface area contributed by atoms with Crippen molar-refractivity contribution in [1.82, 2.24) is 9.88 Å². The highest BCUT2D eigenvalue weighted by molar-refractivity contribution is 6.77. The Balaban J connectivity index is 1.58. The molecule has 2 aromatic rings. The number of pyridine rings is 1. The molecule has 3 N–H and O–H groups in total. The molecule has 0 spiro atoms. The van der Waals surface area contributed by atoms with E-state index in [4.69, 9.17) is 10.5 Å². The zero-order valence-corrected chi connectivity index (χ0v) is 19.7. The highest BCUT2D eigenvalue weighted by atomic mass is 28.3. The van der Waals surface area contributed by atoms with Crippen LogP contribution in [-0.2, 0) is 4.74 Å². The van der Waals surface area contributed by atoms with Crippen molar-refractivity contribution in [1.29, 1.82) is 0 Å². The minimum Gasteiger partial charge on any atom is -0.399 e. The number of carbonyl (C=O) groups excluding carboxylic acids is 1. The van der Waals surface area contributed by atoms with E-state index in [-0.39, 0.29) is 12.0 Å². The normalized spacial score (nSPS) is 21.6. The molecule has 1 aromatic carbocycles. The van der Waals surface area contributed by atoms with E-state index in [1.54, 1.807) is 12.3 Å². The summed E-state index contributed by atoms with van der Waals surface area (Å²) in [5.74, 6) is 0.393. The molecule has 1 unspecified atom stereocenters. The Morgan fingerprint density at radius 1 is 1.23 bits per heavy atom. The SMILES string of the molecule is CN1CCOC(c2cccnc2NC(=O)c2ccc(N)cc2N2CC[Si](C)(C)CC2)C1. The third-order valence-corrected chi connectivity index (χ3v) is 9.57. The highest BCUT2D eigenvalue weighted by Gasteiger charge is 2.29. The van der Waals surface area contributed by atoms with Gasteiger partial charge < -0.3 is 25.6 Å². The lowest BCUT2D eigenvalue weighted by atomic mass is 10.1. The van der Waals surface area contributed by atoms with Gasteiger partial charge in [-0.1, -0.05) is 19.2 Å². The first kappa shape index (κ1) is 21.8. The predicted molar refractivity (Wildman–Crippen MR) is 129 cm³/mol. The molecule has 2 aliphatic rings. The summed E-state index contributed by atoms with van der Waals surface area (Å²) in [6, 6.07) is 11.8. The monoisotopic (exact) mass is 439 g/mol. The number of ether oxygens (including phenoxy) is 1. The van der Waals surface area contributed by atoms with E-state index >= 15 is 0 Å². The van der Waals surface area contributed by atoms with E-state index in [1.165, 1.54) is 12.1 Å². The van der Waals surface area contributed by atoms with E-state index in [1.807, 2.05) is 24.3 Å². The number of hydrogen-bond donors (Lipinski definition) is 2. The third kappa shape index (κ3) is 5.08. The van der Waals surface area contributed by atoms with E-state index in [0.717, 1.165) is 37.4 Å². The number of morpholine rings is 1.